The van der Waals surface area contributed by atoms with E-state index < -0.39 is 11.2 Å². The first-order valence-corrected chi connectivity index (χ1v) is 6.72. The average molecular weight is 345 g/mol. The van der Waals surface area contributed by atoms with Crippen molar-refractivity contribution < 1.29 is 0 Å². The molecule has 1 aromatic carbocycles. The van der Waals surface area contributed by atoms with E-state index in [1.54, 1.807) is 6.07 Å². The van der Waals surface area contributed by atoms with Crippen molar-refractivity contribution in [2.24, 2.45) is 0 Å². The molecule has 0 radical (unpaired) electrons. The van der Waals surface area contributed by atoms with Crippen molar-refractivity contribution in [1.82, 2.24) is 9.55 Å². The van der Waals surface area contributed by atoms with Gasteiger partial charge in [0.05, 0.1) is 15.2 Å². The summed E-state index contributed by atoms with van der Waals surface area (Å²) in [7, 11) is 0. The molecule has 0 unspecified atom stereocenters. The Hall–Kier alpha value is -1.53. The molecule has 0 saturated carbocycles. The molecule has 0 aliphatic heterocycles. The number of nitrogens with one attached hydrogen (secondary N) is 2. The fourth-order valence-electron chi connectivity index (χ4n) is 1.56. The van der Waals surface area contributed by atoms with E-state index in [0.717, 1.165) is 5.69 Å². The second kappa shape index (κ2) is 6.08. The lowest BCUT2D eigenvalue weighted by Gasteiger charge is -2.09. The number of aromatic nitrogens is 2. The van der Waals surface area contributed by atoms with Crippen LogP contribution in [0.2, 0.25) is 5.02 Å². The van der Waals surface area contributed by atoms with Gasteiger partial charge in [0.2, 0.25) is 0 Å². The predicted molar refractivity (Wildman–Crippen MR) is 79.0 cm³/mol. The van der Waals surface area contributed by atoms with Crippen molar-refractivity contribution in [3.8, 4) is 0 Å². The van der Waals surface area contributed by atoms with E-state index in [1.807, 2.05) is 18.2 Å². The highest BCUT2D eigenvalue weighted by Crippen LogP contribution is 2.19. The average Bonchev–Trinajstić information content (AvgIpc) is 2.38. The van der Waals surface area contributed by atoms with Crippen molar-refractivity contribution in [3.05, 3.63) is 60.8 Å². The Morgan fingerprint density at radius 3 is 2.79 bits per heavy atom. The van der Waals surface area contributed by atoms with Crippen LogP contribution in [-0.4, -0.2) is 16.1 Å². The van der Waals surface area contributed by atoms with Gasteiger partial charge in [-0.15, -0.1) is 0 Å². The van der Waals surface area contributed by atoms with Crippen LogP contribution in [0.15, 0.2) is 44.5 Å². The Bertz CT molecular complexity index is 696. The second-order valence-electron chi connectivity index (χ2n) is 3.84. The molecular formula is C12H11BrClN3O2. The van der Waals surface area contributed by atoms with Crippen LogP contribution in [0.1, 0.15) is 0 Å². The fourth-order valence-corrected chi connectivity index (χ4v) is 2.11. The molecule has 19 heavy (non-hydrogen) atoms. The number of para-hydroxylation sites is 1. The number of nitrogens with zero attached hydrogens (tertiary/aromatic N) is 1. The van der Waals surface area contributed by atoms with Crippen molar-refractivity contribution >= 4 is 33.2 Å². The van der Waals surface area contributed by atoms with Crippen molar-refractivity contribution in [1.29, 1.82) is 0 Å². The summed E-state index contributed by atoms with van der Waals surface area (Å²) >= 11 is 9.08. The van der Waals surface area contributed by atoms with Crippen molar-refractivity contribution in [2.75, 3.05) is 11.9 Å². The lowest BCUT2D eigenvalue weighted by atomic mass is 10.3. The summed E-state index contributed by atoms with van der Waals surface area (Å²) in [6.07, 6.45) is 1.47. The van der Waals surface area contributed by atoms with E-state index in [2.05, 4.69) is 26.2 Å². The number of rotatable bonds is 4. The molecule has 0 spiro atoms. The smallest absolute Gasteiger partial charge is 0.328 e. The maximum absolute atomic E-state index is 11.5. The van der Waals surface area contributed by atoms with Crippen LogP contribution in [0.5, 0.6) is 0 Å². The lowest BCUT2D eigenvalue weighted by molar-refractivity contribution is 0.666. The predicted octanol–water partition coefficient (Wildman–Crippen LogP) is 2.06. The Labute approximate surface area is 122 Å². The van der Waals surface area contributed by atoms with Crippen molar-refractivity contribution in [3.63, 3.8) is 0 Å². The SMILES string of the molecule is O=c1[nH]c(=O)n(CCNc2ccccc2Cl)cc1Br. The molecular weight excluding hydrogens is 334 g/mol. The number of benzene rings is 1. The summed E-state index contributed by atoms with van der Waals surface area (Å²) < 4.78 is 1.74. The zero-order valence-electron chi connectivity index (χ0n) is 9.82. The highest BCUT2D eigenvalue weighted by Gasteiger charge is 2.02. The first kappa shape index (κ1) is 13.9. The van der Waals surface area contributed by atoms with Gasteiger partial charge in [-0.05, 0) is 28.1 Å². The standard InChI is InChI=1S/C12H11BrClN3O2/c13-8-7-17(12(19)16-11(8)18)6-5-15-10-4-2-1-3-9(10)14/h1-4,7,15H,5-6H2,(H,16,18,19). The van der Waals surface area contributed by atoms with E-state index in [-0.39, 0.29) is 0 Å². The van der Waals surface area contributed by atoms with E-state index in [0.29, 0.717) is 22.6 Å². The Kier molecular flexibility index (Phi) is 4.44. The third-order valence-corrected chi connectivity index (χ3v) is 3.40. The van der Waals surface area contributed by atoms with Crippen LogP contribution < -0.4 is 16.6 Å². The van der Waals surface area contributed by atoms with E-state index in [9.17, 15) is 9.59 Å². The molecule has 100 valence electrons. The zero-order chi connectivity index (χ0) is 13.8. The van der Waals surface area contributed by atoms with Crippen LogP contribution in [0.4, 0.5) is 5.69 Å². The molecule has 0 bridgehead atoms. The number of hydrogen-bond donors (Lipinski definition) is 2. The zero-order valence-corrected chi connectivity index (χ0v) is 12.2. The van der Waals surface area contributed by atoms with Crippen LogP contribution in [-0.2, 0) is 6.54 Å². The van der Waals surface area contributed by atoms with Gasteiger partial charge in [-0.2, -0.15) is 0 Å². The monoisotopic (exact) mass is 343 g/mol. The summed E-state index contributed by atoms with van der Waals surface area (Å²) in [5.74, 6) is 0. The number of aromatic amines is 1. The molecule has 0 atom stereocenters. The lowest BCUT2D eigenvalue weighted by Crippen LogP contribution is -2.31. The first-order chi connectivity index (χ1) is 9.08. The minimum atomic E-state index is -0.436. The third-order valence-electron chi connectivity index (χ3n) is 2.51. The number of halogens is 2. The molecule has 0 aliphatic carbocycles. The summed E-state index contributed by atoms with van der Waals surface area (Å²) in [6.45, 7) is 0.932. The number of anilines is 1. The summed E-state index contributed by atoms with van der Waals surface area (Å²) in [5, 5.41) is 3.75. The van der Waals surface area contributed by atoms with E-state index in [1.165, 1.54) is 10.8 Å². The molecule has 5 nitrogen and oxygen atoms in total. The molecule has 0 saturated heterocycles. The van der Waals surface area contributed by atoms with Gasteiger partial charge in [0.1, 0.15) is 0 Å². The molecule has 0 amide bonds. The summed E-state index contributed by atoms with van der Waals surface area (Å²) in [6, 6.07) is 7.36. The molecule has 2 aromatic rings. The maximum Gasteiger partial charge on any atom is 0.328 e. The maximum atomic E-state index is 11.5. The van der Waals surface area contributed by atoms with E-state index in [4.69, 9.17) is 11.6 Å². The molecule has 1 aromatic heterocycles. The molecule has 7 heteroatoms. The van der Waals surface area contributed by atoms with Gasteiger partial charge in [-0.1, -0.05) is 23.7 Å². The minimum Gasteiger partial charge on any atom is -0.382 e. The third kappa shape index (κ3) is 3.48. The van der Waals surface area contributed by atoms with Gasteiger partial charge in [-0.25, -0.2) is 4.79 Å². The van der Waals surface area contributed by atoms with Gasteiger partial charge in [0.25, 0.3) is 5.56 Å². The van der Waals surface area contributed by atoms with Gasteiger partial charge < -0.3 is 5.32 Å². The van der Waals surface area contributed by atoms with Crippen LogP contribution in [0.25, 0.3) is 0 Å². The van der Waals surface area contributed by atoms with Crippen LogP contribution in [0, 0.1) is 0 Å². The van der Waals surface area contributed by atoms with Crippen LogP contribution >= 0.6 is 27.5 Å². The normalized spacial score (nSPS) is 10.4. The van der Waals surface area contributed by atoms with Gasteiger partial charge in [-0.3, -0.25) is 14.3 Å². The minimum absolute atomic E-state index is 0.324. The number of hydrogen-bond acceptors (Lipinski definition) is 3. The highest BCUT2D eigenvalue weighted by molar-refractivity contribution is 9.10. The summed E-state index contributed by atoms with van der Waals surface area (Å²) in [4.78, 5) is 24.9. The molecule has 1 heterocycles. The highest BCUT2D eigenvalue weighted by atomic mass is 79.9. The molecule has 0 fully saturated rings. The number of H-pyrrole nitrogens is 1. The van der Waals surface area contributed by atoms with Gasteiger partial charge in [0.15, 0.2) is 0 Å². The van der Waals surface area contributed by atoms with Gasteiger partial charge in [0, 0.05) is 19.3 Å². The first-order valence-electron chi connectivity index (χ1n) is 5.55. The summed E-state index contributed by atoms with van der Waals surface area (Å²) in [5.41, 5.74) is -0.0600. The van der Waals surface area contributed by atoms with E-state index >= 15 is 0 Å². The largest absolute Gasteiger partial charge is 0.382 e. The molecule has 0 aliphatic rings. The Balaban J connectivity index is 2.04. The Morgan fingerprint density at radius 1 is 1.32 bits per heavy atom. The fraction of sp³-hybridized carbons (Fsp3) is 0.167. The van der Waals surface area contributed by atoms with Crippen molar-refractivity contribution in [2.45, 2.75) is 6.54 Å². The van der Waals surface area contributed by atoms with Crippen LogP contribution in [0.3, 0.4) is 0 Å². The molecule has 2 rings (SSSR count). The topological polar surface area (TPSA) is 66.9 Å². The Morgan fingerprint density at radius 2 is 2.05 bits per heavy atom. The molecule has 2 N–H and O–H groups in total. The van der Waals surface area contributed by atoms with Gasteiger partial charge >= 0.3 is 5.69 Å². The second-order valence-corrected chi connectivity index (χ2v) is 5.10. The quantitative estimate of drug-likeness (QED) is 0.892.